The molecule has 1 aliphatic rings. The molecular formula is C57H40N2. The maximum atomic E-state index is 2.46. The van der Waals surface area contributed by atoms with Gasteiger partial charge in [0.1, 0.15) is 0 Å². The Kier molecular flexibility index (Phi) is 7.31. The molecule has 0 amide bonds. The Bertz CT molecular complexity index is 3440. The molecule has 0 N–H and O–H groups in total. The van der Waals surface area contributed by atoms with Gasteiger partial charge in [0.2, 0.25) is 0 Å². The minimum atomic E-state index is -0.0664. The molecule has 11 aromatic rings. The fourth-order valence-corrected chi connectivity index (χ4v) is 9.99. The summed E-state index contributed by atoms with van der Waals surface area (Å²) in [4.78, 5) is 0. The molecule has 2 aromatic heterocycles. The molecule has 2 heteroatoms. The maximum Gasteiger partial charge on any atom is 0.0541 e. The number of nitrogens with zero attached hydrogens (tertiary/aromatic N) is 2. The molecule has 2 nitrogen and oxygen atoms in total. The van der Waals surface area contributed by atoms with Crippen molar-refractivity contribution in [2.24, 2.45) is 0 Å². The fourth-order valence-electron chi connectivity index (χ4n) is 9.99. The van der Waals surface area contributed by atoms with Crippen LogP contribution in [-0.4, -0.2) is 9.13 Å². The molecule has 12 rings (SSSR count). The van der Waals surface area contributed by atoms with Gasteiger partial charge in [-0.15, -0.1) is 0 Å². The van der Waals surface area contributed by atoms with Crippen LogP contribution in [0.2, 0.25) is 0 Å². The highest BCUT2D eigenvalue weighted by molar-refractivity contribution is 6.13. The van der Waals surface area contributed by atoms with Gasteiger partial charge in [-0.25, -0.2) is 0 Å². The lowest BCUT2D eigenvalue weighted by atomic mass is 9.82. The Hall–Kier alpha value is -7.42. The molecular weight excluding hydrogens is 713 g/mol. The highest BCUT2D eigenvalue weighted by Gasteiger charge is 2.35. The number of hydrogen-bond acceptors (Lipinski definition) is 0. The molecule has 0 saturated heterocycles. The summed E-state index contributed by atoms with van der Waals surface area (Å²) in [6.07, 6.45) is 0. The topological polar surface area (TPSA) is 9.86 Å². The second-order valence-corrected chi connectivity index (χ2v) is 16.6. The Morgan fingerprint density at radius 2 is 0.712 bits per heavy atom. The van der Waals surface area contributed by atoms with Gasteiger partial charge in [0.15, 0.2) is 0 Å². The van der Waals surface area contributed by atoms with Crippen LogP contribution in [0.5, 0.6) is 0 Å². The Morgan fingerprint density at radius 3 is 1.36 bits per heavy atom. The van der Waals surface area contributed by atoms with Crippen molar-refractivity contribution < 1.29 is 0 Å². The summed E-state index contributed by atoms with van der Waals surface area (Å²) in [5.41, 5.74) is 19.9. The van der Waals surface area contributed by atoms with E-state index in [1.807, 2.05) is 0 Å². The second kappa shape index (κ2) is 12.8. The van der Waals surface area contributed by atoms with Crippen LogP contribution in [0, 0.1) is 0 Å². The van der Waals surface area contributed by atoms with Crippen LogP contribution in [-0.2, 0) is 5.41 Å². The normalized spacial score (nSPS) is 13.1. The van der Waals surface area contributed by atoms with Gasteiger partial charge in [-0.1, -0.05) is 153 Å². The lowest BCUT2D eigenvalue weighted by molar-refractivity contribution is 0.660. The molecule has 0 unspecified atom stereocenters. The molecule has 0 radical (unpaired) electrons. The average Bonchev–Trinajstić information content (AvgIpc) is 3.89. The van der Waals surface area contributed by atoms with Crippen LogP contribution in [0.25, 0.3) is 99.5 Å². The Morgan fingerprint density at radius 1 is 0.288 bits per heavy atom. The molecule has 9 aromatic carbocycles. The third-order valence-electron chi connectivity index (χ3n) is 12.9. The van der Waals surface area contributed by atoms with E-state index in [0.717, 1.165) is 5.69 Å². The molecule has 59 heavy (non-hydrogen) atoms. The van der Waals surface area contributed by atoms with E-state index in [1.165, 1.54) is 105 Å². The highest BCUT2D eigenvalue weighted by atomic mass is 15.0. The summed E-state index contributed by atoms with van der Waals surface area (Å²) < 4.78 is 4.88. The van der Waals surface area contributed by atoms with Gasteiger partial charge < -0.3 is 9.13 Å². The minimum absolute atomic E-state index is 0.0664. The molecule has 0 atom stereocenters. The van der Waals surface area contributed by atoms with Crippen molar-refractivity contribution >= 4 is 43.6 Å². The first-order chi connectivity index (χ1) is 29.0. The van der Waals surface area contributed by atoms with Crippen molar-refractivity contribution in [2.45, 2.75) is 19.3 Å². The standard InChI is InChI=1S/C57H40N2/c1-57(2)51-19-11-9-17-45(51)46-29-28-44(36-52(46)57)59-53-20-12-10-18-47(53)48-34-41(24-31-54(48)59)42-25-32-56-50(35-42)49-33-40(38-15-7-4-8-16-38)23-30-55(49)58(56)43-26-21-39(22-27-43)37-13-5-3-6-14-37/h3-36H,1-2H3. The van der Waals surface area contributed by atoms with Crippen LogP contribution in [0.4, 0.5) is 0 Å². The SMILES string of the molecule is CC1(C)c2ccccc2-c2ccc(-n3c4ccccc4c4cc(-c5ccc6c(c5)c5cc(-c7ccccc7)ccc5n6-c5ccc(-c6ccccc6)cc5)ccc43)cc21. The summed E-state index contributed by atoms with van der Waals surface area (Å²) in [5, 5.41) is 5.01. The van der Waals surface area contributed by atoms with Crippen molar-refractivity contribution in [3.05, 3.63) is 217 Å². The summed E-state index contributed by atoms with van der Waals surface area (Å²) >= 11 is 0. The van der Waals surface area contributed by atoms with Crippen LogP contribution in [0.1, 0.15) is 25.0 Å². The molecule has 1 aliphatic carbocycles. The second-order valence-electron chi connectivity index (χ2n) is 16.6. The largest absolute Gasteiger partial charge is 0.309 e. The average molecular weight is 753 g/mol. The van der Waals surface area contributed by atoms with E-state index in [4.69, 9.17) is 0 Å². The molecule has 0 fully saturated rings. The molecule has 278 valence electrons. The molecule has 2 heterocycles. The van der Waals surface area contributed by atoms with E-state index in [0.29, 0.717) is 0 Å². The first-order valence-corrected chi connectivity index (χ1v) is 20.6. The third-order valence-corrected chi connectivity index (χ3v) is 12.9. The fraction of sp³-hybridized carbons (Fsp3) is 0.0526. The molecule has 0 bridgehead atoms. The lowest BCUT2D eigenvalue weighted by Gasteiger charge is -2.22. The van der Waals surface area contributed by atoms with Crippen LogP contribution in [0.15, 0.2) is 206 Å². The maximum absolute atomic E-state index is 2.46. The van der Waals surface area contributed by atoms with E-state index in [-0.39, 0.29) is 5.41 Å². The number of para-hydroxylation sites is 1. The van der Waals surface area contributed by atoms with Crippen molar-refractivity contribution in [1.29, 1.82) is 0 Å². The summed E-state index contributed by atoms with van der Waals surface area (Å²) in [6, 6.07) is 76.1. The number of aromatic nitrogens is 2. The lowest BCUT2D eigenvalue weighted by Crippen LogP contribution is -2.15. The molecule has 0 aliphatic heterocycles. The predicted octanol–water partition coefficient (Wildman–Crippen LogP) is 15.2. The van der Waals surface area contributed by atoms with E-state index in [2.05, 4.69) is 229 Å². The number of benzene rings is 9. The van der Waals surface area contributed by atoms with Crippen LogP contribution < -0.4 is 0 Å². The van der Waals surface area contributed by atoms with Crippen molar-refractivity contribution in [2.75, 3.05) is 0 Å². The Balaban J connectivity index is 1.01. The zero-order chi connectivity index (χ0) is 39.2. The van der Waals surface area contributed by atoms with Crippen molar-refractivity contribution in [1.82, 2.24) is 9.13 Å². The van der Waals surface area contributed by atoms with Crippen molar-refractivity contribution in [3.63, 3.8) is 0 Å². The third kappa shape index (κ3) is 5.13. The van der Waals surface area contributed by atoms with Gasteiger partial charge in [-0.05, 0) is 122 Å². The number of rotatable bonds is 5. The van der Waals surface area contributed by atoms with Crippen LogP contribution >= 0.6 is 0 Å². The Labute approximate surface area is 343 Å². The van der Waals surface area contributed by atoms with Crippen molar-refractivity contribution in [3.8, 4) is 55.9 Å². The van der Waals surface area contributed by atoms with E-state index >= 15 is 0 Å². The van der Waals surface area contributed by atoms with Gasteiger partial charge in [0.05, 0.1) is 22.1 Å². The van der Waals surface area contributed by atoms with Gasteiger partial charge in [0, 0.05) is 38.3 Å². The first-order valence-electron chi connectivity index (χ1n) is 20.6. The van der Waals surface area contributed by atoms with E-state index < -0.39 is 0 Å². The van der Waals surface area contributed by atoms with Crippen LogP contribution in [0.3, 0.4) is 0 Å². The van der Waals surface area contributed by atoms with E-state index in [1.54, 1.807) is 0 Å². The summed E-state index contributed by atoms with van der Waals surface area (Å²) in [7, 11) is 0. The summed E-state index contributed by atoms with van der Waals surface area (Å²) in [5.74, 6) is 0. The zero-order valence-corrected chi connectivity index (χ0v) is 33.0. The first kappa shape index (κ1) is 33.7. The van der Waals surface area contributed by atoms with E-state index in [9.17, 15) is 0 Å². The van der Waals surface area contributed by atoms with Gasteiger partial charge >= 0.3 is 0 Å². The monoisotopic (exact) mass is 752 g/mol. The number of fused-ring (bicyclic) bond motifs is 9. The smallest absolute Gasteiger partial charge is 0.0541 e. The minimum Gasteiger partial charge on any atom is -0.309 e. The highest BCUT2D eigenvalue weighted by Crippen LogP contribution is 2.49. The quantitative estimate of drug-likeness (QED) is 0.166. The van der Waals surface area contributed by atoms with Gasteiger partial charge in [0.25, 0.3) is 0 Å². The summed E-state index contributed by atoms with van der Waals surface area (Å²) in [6.45, 7) is 4.72. The van der Waals surface area contributed by atoms with Gasteiger partial charge in [-0.2, -0.15) is 0 Å². The number of hydrogen-bond donors (Lipinski definition) is 0. The predicted molar refractivity (Wildman–Crippen MR) is 249 cm³/mol. The molecule has 0 spiro atoms. The molecule has 0 saturated carbocycles. The van der Waals surface area contributed by atoms with Gasteiger partial charge in [-0.3, -0.25) is 0 Å². The zero-order valence-electron chi connectivity index (χ0n) is 33.0.